The molecule has 1 amide bonds. The number of amides is 1. The van der Waals surface area contributed by atoms with Crippen LogP contribution in [0, 0.1) is 6.92 Å². The number of rotatable bonds is 2. The summed E-state index contributed by atoms with van der Waals surface area (Å²) in [7, 11) is 0. The van der Waals surface area contributed by atoms with Crippen LogP contribution in [0.5, 0.6) is 0 Å². The number of aryl methyl sites for hydroxylation is 1. The molecule has 1 aliphatic rings. The highest BCUT2D eigenvalue weighted by atomic mass is 32.1. The molecule has 0 aromatic carbocycles. The van der Waals surface area contributed by atoms with Gasteiger partial charge in [-0.05, 0) is 23.9 Å². The van der Waals surface area contributed by atoms with Crippen molar-refractivity contribution in [3.05, 3.63) is 21.9 Å². The maximum Gasteiger partial charge on any atom is 0.322 e. The van der Waals surface area contributed by atoms with E-state index in [1.165, 1.54) is 11.3 Å². The van der Waals surface area contributed by atoms with Gasteiger partial charge < -0.3 is 15.3 Å². The number of carbonyl (C=O) groups is 2. The molecule has 5 nitrogen and oxygen atoms in total. The van der Waals surface area contributed by atoms with Gasteiger partial charge in [0, 0.05) is 19.6 Å². The van der Waals surface area contributed by atoms with Crippen LogP contribution in [0.2, 0.25) is 0 Å². The normalized spacial score (nSPS) is 20.3. The number of hydrogen-bond donors (Lipinski definition) is 2. The smallest absolute Gasteiger partial charge is 0.322 e. The van der Waals surface area contributed by atoms with Crippen LogP contribution in [0.1, 0.15) is 15.2 Å². The van der Waals surface area contributed by atoms with E-state index in [0.717, 1.165) is 5.56 Å². The zero-order chi connectivity index (χ0) is 12.4. The topological polar surface area (TPSA) is 69.6 Å². The fourth-order valence-corrected chi connectivity index (χ4v) is 2.73. The molecule has 0 radical (unpaired) electrons. The van der Waals surface area contributed by atoms with Gasteiger partial charge in [0.1, 0.15) is 6.04 Å². The quantitative estimate of drug-likeness (QED) is 0.809. The summed E-state index contributed by atoms with van der Waals surface area (Å²) in [6.45, 7) is 3.19. The Bertz CT molecular complexity index is 444. The highest BCUT2D eigenvalue weighted by molar-refractivity contribution is 7.12. The van der Waals surface area contributed by atoms with Gasteiger partial charge in [0.15, 0.2) is 0 Å². The number of piperazine rings is 1. The molecule has 92 valence electrons. The van der Waals surface area contributed by atoms with E-state index in [0.29, 0.717) is 18.0 Å². The lowest BCUT2D eigenvalue weighted by Crippen LogP contribution is -2.55. The fourth-order valence-electron chi connectivity index (χ4n) is 1.84. The van der Waals surface area contributed by atoms with E-state index in [9.17, 15) is 9.59 Å². The molecule has 0 saturated carbocycles. The number of carbonyl (C=O) groups excluding carboxylic acids is 1. The molecule has 1 aliphatic heterocycles. The van der Waals surface area contributed by atoms with Gasteiger partial charge in [-0.25, -0.2) is 0 Å². The van der Waals surface area contributed by atoms with Crippen molar-refractivity contribution >= 4 is 23.2 Å². The van der Waals surface area contributed by atoms with Crippen molar-refractivity contribution in [3.63, 3.8) is 0 Å². The number of carboxylic acid groups (broad SMARTS) is 1. The van der Waals surface area contributed by atoms with Gasteiger partial charge in [-0.2, -0.15) is 0 Å². The molecule has 6 heteroatoms. The average Bonchev–Trinajstić information content (AvgIpc) is 2.74. The lowest BCUT2D eigenvalue weighted by Gasteiger charge is -2.31. The van der Waals surface area contributed by atoms with E-state index in [-0.39, 0.29) is 12.5 Å². The summed E-state index contributed by atoms with van der Waals surface area (Å²) in [5.74, 6) is -0.976. The standard InChI is InChI=1S/C11H14N2O3S/c1-7-2-5-17-9(7)10(14)13-4-3-12-8(6-13)11(15)16/h2,5,8,12H,3-4,6H2,1H3,(H,15,16). The second-order valence-electron chi connectivity index (χ2n) is 4.03. The number of thiophene rings is 1. The molecule has 2 heterocycles. The summed E-state index contributed by atoms with van der Waals surface area (Å²) >= 11 is 1.40. The first kappa shape index (κ1) is 12.1. The number of aliphatic carboxylic acids is 1. The Morgan fingerprint density at radius 3 is 2.94 bits per heavy atom. The lowest BCUT2D eigenvalue weighted by molar-refractivity contribution is -0.140. The molecule has 1 atom stereocenters. The van der Waals surface area contributed by atoms with Crippen molar-refractivity contribution in [1.29, 1.82) is 0 Å². The van der Waals surface area contributed by atoms with Crippen LogP contribution in [0.3, 0.4) is 0 Å². The molecule has 0 bridgehead atoms. The maximum atomic E-state index is 12.2. The Hall–Kier alpha value is -1.40. The Labute approximate surface area is 103 Å². The van der Waals surface area contributed by atoms with Crippen LogP contribution >= 0.6 is 11.3 Å². The van der Waals surface area contributed by atoms with E-state index < -0.39 is 12.0 Å². The van der Waals surface area contributed by atoms with Gasteiger partial charge in [-0.15, -0.1) is 11.3 Å². The molecule has 1 aromatic rings. The Balaban J connectivity index is 2.10. The summed E-state index contributed by atoms with van der Waals surface area (Å²) in [6, 6.07) is 1.24. The fraction of sp³-hybridized carbons (Fsp3) is 0.455. The van der Waals surface area contributed by atoms with E-state index in [2.05, 4.69) is 5.32 Å². The maximum absolute atomic E-state index is 12.2. The zero-order valence-electron chi connectivity index (χ0n) is 9.47. The van der Waals surface area contributed by atoms with Crippen LogP contribution in [-0.2, 0) is 4.79 Å². The van der Waals surface area contributed by atoms with Gasteiger partial charge in [0.2, 0.25) is 0 Å². The first-order valence-electron chi connectivity index (χ1n) is 5.39. The van der Waals surface area contributed by atoms with Crippen molar-refractivity contribution < 1.29 is 14.7 Å². The van der Waals surface area contributed by atoms with Crippen molar-refractivity contribution in [2.24, 2.45) is 0 Å². The van der Waals surface area contributed by atoms with Crippen molar-refractivity contribution in [2.75, 3.05) is 19.6 Å². The second-order valence-corrected chi connectivity index (χ2v) is 4.94. The first-order chi connectivity index (χ1) is 8.09. The van der Waals surface area contributed by atoms with Crippen LogP contribution in [0.25, 0.3) is 0 Å². The van der Waals surface area contributed by atoms with Gasteiger partial charge in [0.05, 0.1) is 4.88 Å². The highest BCUT2D eigenvalue weighted by Crippen LogP contribution is 2.18. The van der Waals surface area contributed by atoms with Gasteiger partial charge >= 0.3 is 5.97 Å². The van der Waals surface area contributed by atoms with Gasteiger partial charge in [-0.1, -0.05) is 0 Å². The zero-order valence-corrected chi connectivity index (χ0v) is 10.3. The monoisotopic (exact) mass is 254 g/mol. The Morgan fingerprint density at radius 1 is 1.59 bits per heavy atom. The van der Waals surface area contributed by atoms with Crippen molar-refractivity contribution in [3.8, 4) is 0 Å². The van der Waals surface area contributed by atoms with Crippen LogP contribution in [0.15, 0.2) is 11.4 Å². The molecule has 1 saturated heterocycles. The van der Waals surface area contributed by atoms with Crippen LogP contribution in [-0.4, -0.2) is 47.6 Å². The molecule has 1 unspecified atom stereocenters. The van der Waals surface area contributed by atoms with Crippen molar-refractivity contribution in [2.45, 2.75) is 13.0 Å². The van der Waals surface area contributed by atoms with Crippen molar-refractivity contribution in [1.82, 2.24) is 10.2 Å². The predicted octanol–water partition coefficient (Wildman–Crippen LogP) is 0.555. The molecular weight excluding hydrogens is 240 g/mol. The first-order valence-corrected chi connectivity index (χ1v) is 6.27. The molecule has 0 spiro atoms. The van der Waals surface area contributed by atoms with E-state index in [4.69, 9.17) is 5.11 Å². The number of nitrogens with one attached hydrogen (secondary N) is 1. The second kappa shape index (κ2) is 4.85. The molecule has 17 heavy (non-hydrogen) atoms. The third-order valence-corrected chi connectivity index (χ3v) is 3.82. The van der Waals surface area contributed by atoms with E-state index in [1.54, 1.807) is 4.90 Å². The largest absolute Gasteiger partial charge is 0.480 e. The molecule has 1 aromatic heterocycles. The minimum Gasteiger partial charge on any atom is -0.480 e. The van der Waals surface area contributed by atoms with Crippen LogP contribution in [0.4, 0.5) is 0 Å². The SMILES string of the molecule is Cc1ccsc1C(=O)N1CCNC(C(=O)O)C1. The summed E-state index contributed by atoms with van der Waals surface area (Å²) in [6.07, 6.45) is 0. The van der Waals surface area contributed by atoms with Crippen LogP contribution < -0.4 is 5.32 Å². The Morgan fingerprint density at radius 2 is 2.35 bits per heavy atom. The molecule has 2 N–H and O–H groups in total. The van der Waals surface area contributed by atoms with E-state index >= 15 is 0 Å². The lowest BCUT2D eigenvalue weighted by atomic mass is 10.2. The summed E-state index contributed by atoms with van der Waals surface area (Å²) in [4.78, 5) is 25.4. The molecule has 0 aliphatic carbocycles. The highest BCUT2D eigenvalue weighted by Gasteiger charge is 2.29. The number of carboxylic acids is 1. The summed E-state index contributed by atoms with van der Waals surface area (Å²) < 4.78 is 0. The molecule has 2 rings (SSSR count). The number of nitrogens with zero attached hydrogens (tertiary/aromatic N) is 1. The van der Waals surface area contributed by atoms with E-state index in [1.807, 2.05) is 18.4 Å². The molecular formula is C11H14N2O3S. The average molecular weight is 254 g/mol. The molecule has 1 fully saturated rings. The van der Waals surface area contributed by atoms with Gasteiger partial charge in [-0.3, -0.25) is 9.59 Å². The minimum atomic E-state index is -0.912. The third kappa shape index (κ3) is 2.48. The summed E-state index contributed by atoms with van der Waals surface area (Å²) in [5.41, 5.74) is 0.949. The van der Waals surface area contributed by atoms with Gasteiger partial charge in [0.25, 0.3) is 5.91 Å². The number of hydrogen-bond acceptors (Lipinski definition) is 4. The summed E-state index contributed by atoms with van der Waals surface area (Å²) in [5, 5.41) is 13.7. The predicted molar refractivity (Wildman–Crippen MR) is 64.4 cm³/mol. The Kier molecular flexibility index (Phi) is 3.44. The third-order valence-electron chi connectivity index (χ3n) is 2.82. The minimum absolute atomic E-state index is 0.0646.